The van der Waals surface area contributed by atoms with Crippen molar-refractivity contribution in [2.75, 3.05) is 6.54 Å². The average Bonchev–Trinajstić information content (AvgIpc) is 2.82. The van der Waals surface area contributed by atoms with Crippen molar-refractivity contribution in [1.29, 1.82) is 0 Å². The second kappa shape index (κ2) is 7.36. The van der Waals surface area contributed by atoms with E-state index >= 15 is 0 Å². The summed E-state index contributed by atoms with van der Waals surface area (Å²) in [6.45, 7) is 3.10. The predicted octanol–water partition coefficient (Wildman–Crippen LogP) is -0.686. The van der Waals surface area contributed by atoms with Gasteiger partial charge in [-0.2, -0.15) is 0 Å². The standard InChI is InChI=1S/C12H20N4O5S/c1-8(2)4-9(12(18)19)15-10(17)5-14-22(20,21)11-6-16(3)7-13-11/h6-9,14H,4-5H2,1-3H3,(H,15,17)(H,18,19)/t9-/m0/s1. The molecule has 0 spiro atoms. The van der Waals surface area contributed by atoms with Gasteiger partial charge < -0.3 is 15.0 Å². The average molecular weight is 332 g/mol. The number of sulfonamides is 1. The minimum absolute atomic E-state index is 0.0756. The summed E-state index contributed by atoms with van der Waals surface area (Å²) >= 11 is 0. The van der Waals surface area contributed by atoms with Gasteiger partial charge in [-0.25, -0.2) is 22.9 Å². The molecule has 0 aliphatic rings. The number of carbonyl (C=O) groups is 2. The number of aliphatic carboxylic acids is 1. The van der Waals surface area contributed by atoms with E-state index in [0.29, 0.717) is 0 Å². The Hall–Kier alpha value is -1.94. The largest absolute Gasteiger partial charge is 0.480 e. The van der Waals surface area contributed by atoms with Gasteiger partial charge in [0, 0.05) is 13.2 Å². The van der Waals surface area contributed by atoms with Crippen LogP contribution in [0.2, 0.25) is 0 Å². The monoisotopic (exact) mass is 332 g/mol. The van der Waals surface area contributed by atoms with Gasteiger partial charge in [-0.1, -0.05) is 13.8 Å². The van der Waals surface area contributed by atoms with Gasteiger partial charge in [0.2, 0.25) is 5.91 Å². The van der Waals surface area contributed by atoms with Crippen molar-refractivity contribution in [2.24, 2.45) is 13.0 Å². The lowest BCUT2D eigenvalue weighted by molar-refractivity contribution is -0.142. The summed E-state index contributed by atoms with van der Waals surface area (Å²) in [6, 6.07) is -1.05. The van der Waals surface area contributed by atoms with E-state index in [1.165, 1.54) is 17.1 Å². The quantitative estimate of drug-likeness (QED) is 0.578. The Morgan fingerprint density at radius 2 is 2.05 bits per heavy atom. The number of aryl methyl sites for hydroxylation is 1. The molecule has 1 aromatic rings. The van der Waals surface area contributed by atoms with Gasteiger partial charge >= 0.3 is 5.97 Å². The Morgan fingerprint density at radius 3 is 2.50 bits per heavy atom. The lowest BCUT2D eigenvalue weighted by atomic mass is 10.0. The van der Waals surface area contributed by atoms with Crippen LogP contribution in [-0.2, 0) is 26.7 Å². The summed E-state index contributed by atoms with van der Waals surface area (Å²) in [5.74, 6) is -1.80. The number of hydrogen-bond acceptors (Lipinski definition) is 5. The minimum Gasteiger partial charge on any atom is -0.480 e. The van der Waals surface area contributed by atoms with Crippen molar-refractivity contribution in [3.05, 3.63) is 12.5 Å². The van der Waals surface area contributed by atoms with Crippen LogP contribution in [0.25, 0.3) is 0 Å². The molecule has 3 N–H and O–H groups in total. The van der Waals surface area contributed by atoms with Crippen LogP contribution in [0.15, 0.2) is 17.6 Å². The van der Waals surface area contributed by atoms with Crippen LogP contribution in [0, 0.1) is 5.92 Å². The van der Waals surface area contributed by atoms with Gasteiger partial charge in [0.1, 0.15) is 6.04 Å². The number of imidazole rings is 1. The van der Waals surface area contributed by atoms with Gasteiger partial charge in [0.15, 0.2) is 5.03 Å². The lowest BCUT2D eigenvalue weighted by Crippen LogP contribution is -2.46. The molecule has 124 valence electrons. The number of nitrogens with one attached hydrogen (secondary N) is 2. The maximum Gasteiger partial charge on any atom is 0.326 e. The highest BCUT2D eigenvalue weighted by molar-refractivity contribution is 7.89. The van der Waals surface area contributed by atoms with Crippen molar-refractivity contribution in [1.82, 2.24) is 19.6 Å². The molecule has 22 heavy (non-hydrogen) atoms. The number of hydrogen-bond donors (Lipinski definition) is 3. The van der Waals surface area contributed by atoms with Crippen LogP contribution in [0.4, 0.5) is 0 Å². The summed E-state index contributed by atoms with van der Waals surface area (Å²) < 4.78 is 27.3. The van der Waals surface area contributed by atoms with E-state index in [2.05, 4.69) is 15.0 Å². The topological polar surface area (TPSA) is 130 Å². The fourth-order valence-electron chi connectivity index (χ4n) is 1.70. The molecule has 1 atom stereocenters. The van der Waals surface area contributed by atoms with E-state index in [9.17, 15) is 18.0 Å². The highest BCUT2D eigenvalue weighted by Crippen LogP contribution is 2.05. The van der Waals surface area contributed by atoms with E-state index in [4.69, 9.17) is 5.11 Å². The first-order valence-electron chi connectivity index (χ1n) is 6.61. The molecule has 9 nitrogen and oxygen atoms in total. The second-order valence-electron chi connectivity index (χ2n) is 5.29. The van der Waals surface area contributed by atoms with Crippen LogP contribution >= 0.6 is 0 Å². The number of aromatic nitrogens is 2. The SMILES string of the molecule is CC(C)C[C@H](NC(=O)CNS(=O)(=O)c1cn(C)cn1)C(=O)O. The Morgan fingerprint density at radius 1 is 1.41 bits per heavy atom. The molecule has 1 rings (SSSR count). The molecule has 0 aromatic carbocycles. The molecule has 0 radical (unpaired) electrons. The molecular formula is C12H20N4O5S. The summed E-state index contributed by atoms with van der Waals surface area (Å²) in [4.78, 5) is 26.4. The lowest BCUT2D eigenvalue weighted by Gasteiger charge is -2.16. The molecule has 1 aromatic heterocycles. The van der Waals surface area contributed by atoms with Crippen molar-refractivity contribution >= 4 is 21.9 Å². The first-order valence-corrected chi connectivity index (χ1v) is 8.10. The Bertz CT molecular complexity index is 638. The molecule has 0 saturated carbocycles. The molecule has 10 heteroatoms. The third-order valence-electron chi connectivity index (χ3n) is 2.72. The van der Waals surface area contributed by atoms with Crippen LogP contribution in [-0.4, -0.2) is 47.5 Å². The second-order valence-corrected chi connectivity index (χ2v) is 7.00. The molecule has 0 aliphatic carbocycles. The van der Waals surface area contributed by atoms with Crippen molar-refractivity contribution in [2.45, 2.75) is 31.3 Å². The van der Waals surface area contributed by atoms with E-state index < -0.39 is 34.5 Å². The van der Waals surface area contributed by atoms with E-state index in [1.807, 2.05) is 13.8 Å². The van der Waals surface area contributed by atoms with Crippen LogP contribution in [0.3, 0.4) is 0 Å². The number of rotatable bonds is 8. The Kier molecular flexibility index (Phi) is 6.06. The van der Waals surface area contributed by atoms with Gasteiger partial charge in [-0.15, -0.1) is 0 Å². The fourth-order valence-corrected chi connectivity index (χ4v) is 2.66. The number of carbonyl (C=O) groups excluding carboxylic acids is 1. The molecule has 1 amide bonds. The number of nitrogens with zero attached hydrogens (tertiary/aromatic N) is 2. The summed E-state index contributed by atoms with van der Waals surface area (Å²) in [6.07, 6.45) is 2.87. The van der Waals surface area contributed by atoms with Crippen molar-refractivity contribution < 1.29 is 23.1 Å². The van der Waals surface area contributed by atoms with Crippen molar-refractivity contribution in [3.63, 3.8) is 0 Å². The number of amides is 1. The minimum atomic E-state index is -3.90. The summed E-state index contributed by atoms with van der Waals surface area (Å²) in [5.41, 5.74) is 0. The molecule has 0 fully saturated rings. The Balaban J connectivity index is 2.60. The molecule has 0 bridgehead atoms. The molecular weight excluding hydrogens is 312 g/mol. The normalized spacial score (nSPS) is 13.1. The highest BCUT2D eigenvalue weighted by atomic mass is 32.2. The highest BCUT2D eigenvalue weighted by Gasteiger charge is 2.23. The molecule has 0 aliphatic heterocycles. The summed E-state index contributed by atoms with van der Waals surface area (Å²) in [5, 5.41) is 11.1. The third-order valence-corrected chi connectivity index (χ3v) is 4.01. The maximum absolute atomic E-state index is 11.9. The van der Waals surface area contributed by atoms with E-state index in [-0.39, 0.29) is 17.4 Å². The van der Waals surface area contributed by atoms with Crippen LogP contribution in [0.1, 0.15) is 20.3 Å². The molecule has 0 unspecified atom stereocenters. The van der Waals surface area contributed by atoms with Gasteiger partial charge in [0.25, 0.3) is 10.0 Å². The first-order chi connectivity index (χ1) is 10.1. The molecule has 0 saturated heterocycles. The third kappa shape index (κ3) is 5.45. The first kappa shape index (κ1) is 18.1. The number of carboxylic acids is 1. The van der Waals surface area contributed by atoms with Crippen LogP contribution in [0.5, 0.6) is 0 Å². The maximum atomic E-state index is 11.9. The van der Waals surface area contributed by atoms with Crippen LogP contribution < -0.4 is 10.0 Å². The zero-order valence-corrected chi connectivity index (χ0v) is 13.4. The predicted molar refractivity (Wildman–Crippen MR) is 77.4 cm³/mol. The van der Waals surface area contributed by atoms with Crippen molar-refractivity contribution in [3.8, 4) is 0 Å². The zero-order valence-electron chi connectivity index (χ0n) is 12.6. The fraction of sp³-hybridized carbons (Fsp3) is 0.583. The summed E-state index contributed by atoms with van der Waals surface area (Å²) in [7, 11) is -2.29. The zero-order chi connectivity index (χ0) is 16.9. The Labute approximate surface area is 128 Å². The van der Waals surface area contributed by atoms with E-state index in [0.717, 1.165) is 0 Å². The van der Waals surface area contributed by atoms with Gasteiger partial charge in [-0.3, -0.25) is 4.79 Å². The smallest absolute Gasteiger partial charge is 0.326 e. The molecule has 1 heterocycles. The van der Waals surface area contributed by atoms with Gasteiger partial charge in [-0.05, 0) is 12.3 Å². The number of carboxylic acid groups (broad SMARTS) is 1. The van der Waals surface area contributed by atoms with E-state index in [1.54, 1.807) is 7.05 Å². The van der Waals surface area contributed by atoms with Gasteiger partial charge in [0.05, 0.1) is 12.9 Å².